The molecule has 2 N–H and O–H groups in total. The van der Waals surface area contributed by atoms with E-state index in [0.717, 1.165) is 19.3 Å². The second kappa shape index (κ2) is 6.89. The minimum Gasteiger partial charge on any atom is -0.349 e. The van der Waals surface area contributed by atoms with E-state index in [0.29, 0.717) is 33.7 Å². The van der Waals surface area contributed by atoms with E-state index >= 15 is 0 Å². The maximum Gasteiger partial charge on any atom is 0.262 e. The van der Waals surface area contributed by atoms with Crippen molar-refractivity contribution >= 4 is 29.0 Å². The average molecular weight is 345 g/mol. The zero-order valence-corrected chi connectivity index (χ0v) is 14.9. The fourth-order valence-corrected chi connectivity index (χ4v) is 3.79. The Morgan fingerprint density at radius 3 is 2.83 bits per heavy atom. The molecule has 0 bridgehead atoms. The number of rotatable bonds is 3. The first-order valence-corrected chi connectivity index (χ1v) is 9.00. The van der Waals surface area contributed by atoms with Gasteiger partial charge < -0.3 is 10.3 Å². The van der Waals surface area contributed by atoms with Crippen molar-refractivity contribution in [3.8, 4) is 0 Å². The van der Waals surface area contributed by atoms with Crippen molar-refractivity contribution < 1.29 is 4.79 Å². The Morgan fingerprint density at radius 1 is 1.38 bits per heavy atom. The van der Waals surface area contributed by atoms with Gasteiger partial charge in [0.1, 0.15) is 0 Å². The summed E-state index contributed by atoms with van der Waals surface area (Å²) in [6, 6.07) is 5.36. The molecule has 1 heterocycles. The van der Waals surface area contributed by atoms with Crippen LogP contribution in [-0.2, 0) is 6.54 Å². The van der Waals surface area contributed by atoms with Gasteiger partial charge in [0, 0.05) is 18.2 Å². The van der Waals surface area contributed by atoms with Crippen LogP contribution in [-0.4, -0.2) is 21.5 Å². The summed E-state index contributed by atoms with van der Waals surface area (Å²) in [6.07, 6.45) is 4.59. The summed E-state index contributed by atoms with van der Waals surface area (Å²) in [5, 5.41) is 3.69. The lowest BCUT2D eigenvalue weighted by Gasteiger charge is -2.29. The van der Waals surface area contributed by atoms with Crippen LogP contribution in [0.1, 0.15) is 49.9 Å². The van der Waals surface area contributed by atoms with Gasteiger partial charge in [0.25, 0.3) is 11.5 Å². The van der Waals surface area contributed by atoms with E-state index in [2.05, 4.69) is 17.2 Å². The van der Waals surface area contributed by atoms with Gasteiger partial charge in [-0.05, 0) is 56.1 Å². The number of hydrogen-bond acceptors (Lipinski definition) is 3. The number of nitrogens with zero attached hydrogens (tertiary/aromatic N) is 1. The molecule has 1 fully saturated rings. The van der Waals surface area contributed by atoms with Gasteiger partial charge in [-0.25, -0.2) is 0 Å². The molecule has 1 amide bonds. The third kappa shape index (κ3) is 3.15. The lowest BCUT2D eigenvalue weighted by molar-refractivity contribution is 0.0910. The van der Waals surface area contributed by atoms with Gasteiger partial charge >= 0.3 is 0 Å². The summed E-state index contributed by atoms with van der Waals surface area (Å²) in [5.74, 6) is 0.417. The Balaban J connectivity index is 1.91. The lowest BCUT2D eigenvalue weighted by atomic mass is 9.86. The number of aromatic nitrogens is 2. The van der Waals surface area contributed by atoms with Crippen molar-refractivity contribution in [2.45, 2.75) is 52.1 Å². The van der Waals surface area contributed by atoms with Crippen LogP contribution in [0.15, 0.2) is 23.0 Å². The second-order valence-electron chi connectivity index (χ2n) is 6.58. The molecule has 0 spiro atoms. The first-order valence-electron chi connectivity index (χ1n) is 8.59. The number of H-pyrrole nitrogens is 1. The van der Waals surface area contributed by atoms with Gasteiger partial charge in [0.05, 0.1) is 10.9 Å². The van der Waals surface area contributed by atoms with Gasteiger partial charge in [0.2, 0.25) is 0 Å². The molecule has 24 heavy (non-hydrogen) atoms. The van der Waals surface area contributed by atoms with E-state index < -0.39 is 0 Å². The standard InChI is InChI=1S/C18H23N3O2S/c1-3-21-17(23)13-9-8-12(10-15(13)20-18(21)24)16(22)19-14-7-5-4-6-11(14)2/h8-11,14H,3-7H2,1-2H3,(H,19,22)(H,20,24)/t11-,14-/m0/s1. The molecule has 5 nitrogen and oxygen atoms in total. The summed E-state index contributed by atoms with van der Waals surface area (Å²) < 4.78 is 1.90. The van der Waals surface area contributed by atoms with Crippen LogP contribution in [0.2, 0.25) is 0 Å². The van der Waals surface area contributed by atoms with Crippen molar-refractivity contribution in [2.75, 3.05) is 0 Å². The smallest absolute Gasteiger partial charge is 0.262 e. The lowest BCUT2D eigenvalue weighted by Crippen LogP contribution is -2.41. The molecule has 0 saturated heterocycles. The molecule has 1 aliphatic carbocycles. The van der Waals surface area contributed by atoms with Gasteiger partial charge in [0.15, 0.2) is 4.77 Å². The molecule has 1 saturated carbocycles. The van der Waals surface area contributed by atoms with Crippen LogP contribution in [0.25, 0.3) is 10.9 Å². The molecular formula is C18H23N3O2S. The number of carbonyl (C=O) groups is 1. The number of amides is 1. The Labute approximate surface area is 146 Å². The molecule has 2 atom stereocenters. The molecule has 1 aliphatic rings. The van der Waals surface area contributed by atoms with Crippen molar-refractivity contribution in [1.29, 1.82) is 0 Å². The van der Waals surface area contributed by atoms with Gasteiger partial charge in [-0.2, -0.15) is 0 Å². The van der Waals surface area contributed by atoms with Gasteiger partial charge in [-0.3, -0.25) is 14.2 Å². The summed E-state index contributed by atoms with van der Waals surface area (Å²) in [7, 11) is 0. The molecule has 2 aromatic rings. The van der Waals surface area contributed by atoms with Crippen LogP contribution in [0.3, 0.4) is 0 Å². The van der Waals surface area contributed by atoms with E-state index in [1.807, 2.05) is 6.92 Å². The zero-order valence-electron chi connectivity index (χ0n) is 14.1. The number of nitrogens with one attached hydrogen (secondary N) is 2. The fraction of sp³-hybridized carbons (Fsp3) is 0.500. The highest BCUT2D eigenvalue weighted by atomic mass is 32.1. The number of fused-ring (bicyclic) bond motifs is 1. The SMILES string of the molecule is CCn1c(=S)[nH]c2cc(C(=O)N[C@H]3CCCC[C@@H]3C)ccc2c1=O. The molecule has 0 unspecified atom stereocenters. The number of carbonyl (C=O) groups excluding carboxylic acids is 1. The van der Waals surface area contributed by atoms with Crippen LogP contribution in [0.4, 0.5) is 0 Å². The third-order valence-corrected chi connectivity index (χ3v) is 5.31. The number of aromatic amines is 1. The van der Waals surface area contributed by atoms with Crippen molar-refractivity contribution in [3.63, 3.8) is 0 Å². The normalized spacial score (nSPS) is 20.9. The monoisotopic (exact) mass is 345 g/mol. The van der Waals surface area contributed by atoms with Crippen molar-refractivity contribution in [2.24, 2.45) is 5.92 Å². The fourth-order valence-electron chi connectivity index (χ4n) is 3.47. The molecule has 6 heteroatoms. The first kappa shape index (κ1) is 16.9. The minimum atomic E-state index is -0.121. The van der Waals surface area contributed by atoms with E-state index in [1.165, 1.54) is 11.0 Å². The predicted octanol–water partition coefficient (Wildman–Crippen LogP) is 3.39. The Bertz CT molecular complexity index is 884. The minimum absolute atomic E-state index is 0.0883. The molecule has 1 aromatic heterocycles. The maximum absolute atomic E-state index is 12.6. The highest BCUT2D eigenvalue weighted by Gasteiger charge is 2.23. The molecular weight excluding hydrogens is 322 g/mol. The van der Waals surface area contributed by atoms with Crippen molar-refractivity contribution in [3.05, 3.63) is 38.9 Å². The van der Waals surface area contributed by atoms with E-state index in [9.17, 15) is 9.59 Å². The van der Waals surface area contributed by atoms with E-state index in [4.69, 9.17) is 12.2 Å². The van der Waals surface area contributed by atoms with Crippen LogP contribution in [0, 0.1) is 10.7 Å². The summed E-state index contributed by atoms with van der Waals surface area (Å²) >= 11 is 5.23. The quantitative estimate of drug-likeness (QED) is 0.838. The highest BCUT2D eigenvalue weighted by molar-refractivity contribution is 7.71. The highest BCUT2D eigenvalue weighted by Crippen LogP contribution is 2.24. The average Bonchev–Trinajstić information content (AvgIpc) is 2.56. The van der Waals surface area contributed by atoms with Crippen LogP contribution >= 0.6 is 12.2 Å². The molecule has 0 aliphatic heterocycles. The summed E-state index contributed by atoms with van der Waals surface area (Å²) in [4.78, 5) is 28.0. The van der Waals surface area contributed by atoms with Gasteiger partial charge in [-0.15, -0.1) is 0 Å². The first-order chi connectivity index (χ1) is 11.5. The Hall–Kier alpha value is -1.95. The predicted molar refractivity (Wildman–Crippen MR) is 98.0 cm³/mol. The molecule has 128 valence electrons. The molecule has 1 aromatic carbocycles. The Morgan fingerprint density at radius 2 is 2.12 bits per heavy atom. The zero-order chi connectivity index (χ0) is 17.3. The van der Waals surface area contributed by atoms with E-state index in [-0.39, 0.29) is 17.5 Å². The third-order valence-electron chi connectivity index (χ3n) is 4.99. The van der Waals surface area contributed by atoms with Crippen LogP contribution in [0.5, 0.6) is 0 Å². The number of benzene rings is 1. The van der Waals surface area contributed by atoms with Crippen molar-refractivity contribution in [1.82, 2.24) is 14.9 Å². The maximum atomic E-state index is 12.6. The second-order valence-corrected chi connectivity index (χ2v) is 6.97. The molecule has 0 radical (unpaired) electrons. The Kier molecular flexibility index (Phi) is 4.85. The topological polar surface area (TPSA) is 66.9 Å². The van der Waals surface area contributed by atoms with Gasteiger partial charge in [-0.1, -0.05) is 19.8 Å². The summed E-state index contributed by atoms with van der Waals surface area (Å²) in [6.45, 7) is 4.59. The molecule has 3 rings (SSSR count). The largest absolute Gasteiger partial charge is 0.349 e. The number of hydrogen-bond donors (Lipinski definition) is 2. The van der Waals surface area contributed by atoms with E-state index in [1.54, 1.807) is 18.2 Å². The van der Waals surface area contributed by atoms with Crippen LogP contribution < -0.4 is 10.9 Å². The summed E-state index contributed by atoms with van der Waals surface area (Å²) in [5.41, 5.74) is 1.04.